The lowest BCUT2D eigenvalue weighted by Gasteiger charge is -2.17. The van der Waals surface area contributed by atoms with Crippen molar-refractivity contribution in [2.45, 2.75) is 38.1 Å². The van der Waals surface area contributed by atoms with Crippen LogP contribution in [-0.4, -0.2) is 21.5 Å². The van der Waals surface area contributed by atoms with Crippen molar-refractivity contribution in [1.82, 2.24) is 9.55 Å². The molecule has 0 saturated heterocycles. The highest BCUT2D eigenvalue weighted by molar-refractivity contribution is 6.29. The highest BCUT2D eigenvalue weighted by atomic mass is 35.5. The summed E-state index contributed by atoms with van der Waals surface area (Å²) < 4.78 is 1.58. The molecule has 114 valence electrons. The van der Waals surface area contributed by atoms with E-state index in [9.17, 15) is 4.79 Å². The lowest BCUT2D eigenvalue weighted by Crippen LogP contribution is -2.29. The van der Waals surface area contributed by atoms with E-state index in [0.717, 1.165) is 12.8 Å². The first-order valence-corrected chi connectivity index (χ1v) is 7.99. The molecule has 2 heterocycles. The Morgan fingerprint density at radius 3 is 2.73 bits per heavy atom. The van der Waals surface area contributed by atoms with Crippen LogP contribution in [0.3, 0.4) is 0 Å². The Labute approximate surface area is 134 Å². The van der Waals surface area contributed by atoms with Crippen LogP contribution in [0.1, 0.15) is 42.5 Å². The Kier molecular flexibility index (Phi) is 4.68. The Bertz CT molecular complexity index is 715. The molecule has 0 bridgehead atoms. The minimum absolute atomic E-state index is 0.140. The number of hydrogen-bond acceptors (Lipinski definition) is 3. The summed E-state index contributed by atoms with van der Waals surface area (Å²) >= 11 is 5.77. The van der Waals surface area contributed by atoms with E-state index >= 15 is 0 Å². The first-order valence-electron chi connectivity index (χ1n) is 7.62. The highest BCUT2D eigenvalue weighted by Gasteiger charge is 2.13. The van der Waals surface area contributed by atoms with Crippen LogP contribution in [-0.2, 0) is 0 Å². The maximum atomic E-state index is 12.6. The molecule has 1 fully saturated rings. The molecular weight excluding hydrogens is 298 g/mol. The fraction of sp³-hybridized carbons (Fsp3) is 0.353. The van der Waals surface area contributed by atoms with Crippen molar-refractivity contribution in [2.75, 3.05) is 0 Å². The molecule has 4 nitrogen and oxygen atoms in total. The number of hydrogen-bond donors (Lipinski definition) is 0. The molecule has 3 rings (SSSR count). The third kappa shape index (κ3) is 3.45. The van der Waals surface area contributed by atoms with E-state index in [4.69, 9.17) is 16.6 Å². The number of nitrogens with zero attached hydrogens (tertiary/aromatic N) is 3. The summed E-state index contributed by atoms with van der Waals surface area (Å²) in [6.07, 6.45) is 9.17. The van der Waals surface area contributed by atoms with Crippen LogP contribution in [0.5, 0.6) is 0 Å². The third-order valence-corrected chi connectivity index (χ3v) is 4.14. The molecule has 1 saturated carbocycles. The Balaban J connectivity index is 1.95. The van der Waals surface area contributed by atoms with Crippen molar-refractivity contribution < 1.29 is 4.79 Å². The van der Waals surface area contributed by atoms with Crippen LogP contribution in [0.4, 0.5) is 0 Å². The van der Waals surface area contributed by atoms with Crippen LogP contribution >= 0.6 is 11.6 Å². The molecule has 0 spiro atoms. The molecule has 0 N–H and O–H groups in total. The fourth-order valence-corrected chi connectivity index (χ4v) is 2.86. The van der Waals surface area contributed by atoms with E-state index in [2.05, 4.69) is 4.98 Å². The second kappa shape index (κ2) is 6.88. The van der Waals surface area contributed by atoms with Gasteiger partial charge in [-0.05, 0) is 37.1 Å². The van der Waals surface area contributed by atoms with Gasteiger partial charge in [0.2, 0.25) is 0 Å². The summed E-state index contributed by atoms with van der Waals surface area (Å²) in [6, 6.07) is 9.25. The molecule has 0 amide bonds. The Morgan fingerprint density at radius 1 is 1.18 bits per heavy atom. The monoisotopic (exact) mass is 315 g/mol. The van der Waals surface area contributed by atoms with E-state index in [0.29, 0.717) is 22.2 Å². The van der Waals surface area contributed by atoms with Crippen LogP contribution < -0.4 is 5.49 Å². The summed E-state index contributed by atoms with van der Waals surface area (Å²) in [5, 5.41) is 0.377. The van der Waals surface area contributed by atoms with Crippen molar-refractivity contribution in [2.24, 2.45) is 4.99 Å². The van der Waals surface area contributed by atoms with Crippen LogP contribution in [0.2, 0.25) is 5.15 Å². The van der Waals surface area contributed by atoms with Crippen molar-refractivity contribution in [3.8, 4) is 0 Å². The van der Waals surface area contributed by atoms with Gasteiger partial charge in [0.1, 0.15) is 10.6 Å². The Hall–Kier alpha value is -1.94. The average Bonchev–Trinajstić information content (AvgIpc) is 2.56. The zero-order valence-electron chi connectivity index (χ0n) is 12.3. The number of rotatable bonds is 2. The summed E-state index contributed by atoms with van der Waals surface area (Å²) in [5.74, 6) is -0.140. The molecule has 2 aromatic rings. The summed E-state index contributed by atoms with van der Waals surface area (Å²) in [5.41, 5.74) is 1.20. The van der Waals surface area contributed by atoms with Gasteiger partial charge in [0.05, 0.1) is 11.6 Å². The molecule has 22 heavy (non-hydrogen) atoms. The van der Waals surface area contributed by atoms with E-state index in [1.54, 1.807) is 22.9 Å². The maximum absolute atomic E-state index is 12.6. The van der Waals surface area contributed by atoms with Gasteiger partial charge in [0.25, 0.3) is 5.91 Å². The lowest BCUT2D eigenvalue weighted by molar-refractivity contribution is 0.0954. The van der Waals surface area contributed by atoms with Crippen LogP contribution in [0, 0.1) is 0 Å². The van der Waals surface area contributed by atoms with E-state index in [1.807, 2.05) is 18.2 Å². The number of carbonyl (C=O) groups excluding carboxylic acids is 1. The zero-order valence-corrected chi connectivity index (χ0v) is 13.0. The average molecular weight is 316 g/mol. The first kappa shape index (κ1) is 15.0. The van der Waals surface area contributed by atoms with Gasteiger partial charge >= 0.3 is 0 Å². The quantitative estimate of drug-likeness (QED) is 0.797. The van der Waals surface area contributed by atoms with Gasteiger partial charge in [-0.15, -0.1) is 0 Å². The largest absolute Gasteiger partial charge is 0.268 e. The summed E-state index contributed by atoms with van der Waals surface area (Å²) in [7, 11) is 0. The summed E-state index contributed by atoms with van der Waals surface area (Å²) in [6.45, 7) is 0. The molecule has 1 aliphatic rings. The number of halogens is 1. The fourth-order valence-electron chi connectivity index (χ4n) is 2.75. The van der Waals surface area contributed by atoms with E-state index in [-0.39, 0.29) is 5.91 Å². The second-order valence-corrected chi connectivity index (χ2v) is 5.91. The third-order valence-electron chi connectivity index (χ3n) is 3.92. The molecular formula is C17H18ClN3O. The van der Waals surface area contributed by atoms with Crippen molar-refractivity contribution in [1.29, 1.82) is 0 Å². The molecule has 0 radical (unpaired) electrons. The van der Waals surface area contributed by atoms with Gasteiger partial charge < -0.3 is 0 Å². The van der Waals surface area contributed by atoms with E-state index < -0.39 is 0 Å². The highest BCUT2D eigenvalue weighted by Crippen LogP contribution is 2.19. The molecule has 0 unspecified atom stereocenters. The van der Waals surface area contributed by atoms with Gasteiger partial charge in [-0.25, -0.2) is 4.98 Å². The van der Waals surface area contributed by atoms with Crippen molar-refractivity contribution in [3.05, 3.63) is 58.9 Å². The number of carbonyl (C=O) groups is 1. The molecule has 0 atom stereocenters. The predicted octanol–water partition coefficient (Wildman–Crippen LogP) is 3.46. The summed E-state index contributed by atoms with van der Waals surface area (Å²) in [4.78, 5) is 21.4. The SMILES string of the molecule is O=C(c1ccc(Cl)nc1)n1ccccc1=NC1CCCCC1. The standard InChI is InChI=1S/C17H18ClN3O/c18-15-10-9-13(12-19-15)17(22)21-11-5-4-8-16(21)20-14-6-2-1-3-7-14/h4-5,8-12,14H,1-3,6-7H2. The smallest absolute Gasteiger partial charge is 0.265 e. The van der Waals surface area contributed by atoms with Gasteiger partial charge in [-0.3, -0.25) is 14.4 Å². The van der Waals surface area contributed by atoms with Crippen LogP contribution in [0.15, 0.2) is 47.7 Å². The van der Waals surface area contributed by atoms with E-state index in [1.165, 1.54) is 25.5 Å². The lowest BCUT2D eigenvalue weighted by atomic mass is 9.96. The molecule has 0 aliphatic heterocycles. The molecule has 0 aromatic carbocycles. The van der Waals surface area contributed by atoms with Crippen LogP contribution in [0.25, 0.3) is 0 Å². The molecule has 1 aliphatic carbocycles. The van der Waals surface area contributed by atoms with Crippen molar-refractivity contribution in [3.63, 3.8) is 0 Å². The number of aromatic nitrogens is 2. The van der Waals surface area contributed by atoms with Gasteiger partial charge in [0.15, 0.2) is 0 Å². The maximum Gasteiger partial charge on any atom is 0.265 e. The molecule has 2 aromatic heterocycles. The predicted molar refractivity (Wildman–Crippen MR) is 85.8 cm³/mol. The first-order chi connectivity index (χ1) is 10.7. The number of pyridine rings is 2. The van der Waals surface area contributed by atoms with Crippen molar-refractivity contribution >= 4 is 17.5 Å². The van der Waals surface area contributed by atoms with Gasteiger partial charge in [-0.1, -0.05) is 36.9 Å². The molecule has 5 heteroatoms. The van der Waals surface area contributed by atoms with Gasteiger partial charge in [-0.2, -0.15) is 0 Å². The minimum Gasteiger partial charge on any atom is -0.268 e. The topological polar surface area (TPSA) is 47.2 Å². The normalized spacial score (nSPS) is 16.7. The zero-order chi connectivity index (χ0) is 15.4. The van der Waals surface area contributed by atoms with Gasteiger partial charge in [0, 0.05) is 12.4 Å². The minimum atomic E-state index is -0.140. The second-order valence-electron chi connectivity index (χ2n) is 5.52. The Morgan fingerprint density at radius 2 is 2.00 bits per heavy atom.